The second-order valence-corrected chi connectivity index (χ2v) is 22.0. The summed E-state index contributed by atoms with van der Waals surface area (Å²) < 4.78 is 10.2. The molecular formula is C57H60N10O4. The molecule has 71 heavy (non-hydrogen) atoms. The number of hydrogen-bond donors (Lipinski definition) is 5. The zero-order valence-electron chi connectivity index (χ0n) is 40.8. The van der Waals surface area contributed by atoms with Gasteiger partial charge in [-0.25, -0.2) is 24.7 Å². The summed E-state index contributed by atoms with van der Waals surface area (Å²) in [5.74, 6) is 2.36. The third-order valence-corrected chi connectivity index (χ3v) is 16.1. The number of ether oxygens (including phenoxy) is 1. The van der Waals surface area contributed by atoms with E-state index in [4.69, 9.17) is 26.2 Å². The van der Waals surface area contributed by atoms with Crippen LogP contribution in [0, 0.1) is 10.8 Å². The average Bonchev–Trinajstić information content (AvgIpc) is 3.95. The Labute approximate surface area is 412 Å². The summed E-state index contributed by atoms with van der Waals surface area (Å²) in [5.41, 5.74) is 18.6. The smallest absolute Gasteiger partial charge is 0.410 e. The highest BCUT2D eigenvalue weighted by molar-refractivity contribution is 5.87. The van der Waals surface area contributed by atoms with Crippen molar-refractivity contribution in [2.75, 3.05) is 24.6 Å². The van der Waals surface area contributed by atoms with Crippen LogP contribution in [0.5, 0.6) is 0 Å². The number of hydrogen-bond acceptors (Lipinski definition) is 11. The molecule has 14 nitrogen and oxygen atoms in total. The lowest BCUT2D eigenvalue weighted by molar-refractivity contribution is 0.0210. The van der Waals surface area contributed by atoms with Gasteiger partial charge in [-0.1, -0.05) is 103 Å². The number of nitrogens with zero attached hydrogens (tertiary/aromatic N) is 7. The Balaban J connectivity index is 0.863. The van der Waals surface area contributed by atoms with Crippen molar-refractivity contribution in [3.05, 3.63) is 167 Å². The molecule has 7 N–H and O–H groups in total. The van der Waals surface area contributed by atoms with Crippen molar-refractivity contribution in [1.29, 1.82) is 0 Å². The average molecular weight is 949 g/mol. The molecule has 6 atom stereocenters. The van der Waals surface area contributed by atoms with Gasteiger partial charge in [0.2, 0.25) is 0 Å². The minimum atomic E-state index is -1.36. The summed E-state index contributed by atoms with van der Waals surface area (Å²) in [5, 5.41) is 28.1. The minimum absolute atomic E-state index is 0.0338. The molecule has 2 aliphatic heterocycles. The van der Waals surface area contributed by atoms with Crippen LogP contribution in [-0.2, 0) is 15.9 Å². The number of rotatable bonds is 9. The van der Waals surface area contributed by atoms with E-state index in [1.54, 1.807) is 19.3 Å². The lowest BCUT2D eigenvalue weighted by Gasteiger charge is -2.28. The number of nitrogen functional groups attached to an aromatic ring is 2. The molecule has 4 aromatic carbocycles. The molecule has 1 amide bonds. The molecule has 2 spiro atoms. The fourth-order valence-electron chi connectivity index (χ4n) is 11.9. The van der Waals surface area contributed by atoms with Crippen LogP contribution in [0.1, 0.15) is 124 Å². The molecule has 4 aromatic heterocycles. The van der Waals surface area contributed by atoms with E-state index in [1.165, 1.54) is 12.8 Å². The standard InChI is InChI=1S/C57H60N10O4/c1-53(2,3)71-52(68)67-33-57(31-43(67)51-64-45(47-49(59)61-26-28-66(47)51)35-15-19-37(20-16-35)54(4,69)36-11-7-6-8-12-36)29-41(57)39-13-9-10-14-40(39)55(5,70)38-21-17-34(18-22-38)44-46-48(58)60-25-27-65(46)50(63-44)42-30-56(23-24-56)32-62-42/h6-22,25-28,41-43,62,69-70H,23-24,29-33H2,1-5H3,(H2,58,60)(H2,59,61)/t41?,42-,43-,54?,55?,57?/m0/s1. The van der Waals surface area contributed by atoms with Gasteiger partial charge in [-0.15, -0.1) is 0 Å². The Kier molecular flexibility index (Phi) is 10.1. The number of aliphatic hydroxyl groups is 2. The zero-order chi connectivity index (χ0) is 49.2. The number of nitrogens with one attached hydrogen (secondary N) is 1. The van der Waals surface area contributed by atoms with Crippen molar-refractivity contribution in [2.45, 2.75) is 102 Å². The predicted molar refractivity (Wildman–Crippen MR) is 273 cm³/mol. The number of likely N-dealkylation sites (tertiary alicyclic amines) is 1. The van der Waals surface area contributed by atoms with E-state index in [2.05, 4.69) is 25.8 Å². The number of aromatic nitrogens is 6. The van der Waals surface area contributed by atoms with Gasteiger partial charge >= 0.3 is 6.09 Å². The van der Waals surface area contributed by atoms with Crippen LogP contribution in [0.15, 0.2) is 128 Å². The lowest BCUT2D eigenvalue weighted by Crippen LogP contribution is -2.37. The molecule has 6 heterocycles. The lowest BCUT2D eigenvalue weighted by atomic mass is 9.82. The molecule has 4 fully saturated rings. The van der Waals surface area contributed by atoms with Crippen LogP contribution in [0.2, 0.25) is 0 Å². The summed E-state index contributed by atoms with van der Waals surface area (Å²) in [7, 11) is 0. The van der Waals surface area contributed by atoms with Gasteiger partial charge in [-0.05, 0) is 111 Å². The normalized spacial score (nSPS) is 23.1. The first-order chi connectivity index (χ1) is 34.0. The molecule has 12 rings (SSSR count). The van der Waals surface area contributed by atoms with Gasteiger partial charge < -0.3 is 31.7 Å². The largest absolute Gasteiger partial charge is 0.444 e. The van der Waals surface area contributed by atoms with E-state index >= 15 is 0 Å². The van der Waals surface area contributed by atoms with Crippen molar-refractivity contribution in [1.82, 2.24) is 39.0 Å². The van der Waals surface area contributed by atoms with Crippen LogP contribution >= 0.6 is 0 Å². The number of amides is 1. The van der Waals surface area contributed by atoms with Gasteiger partial charge in [0.15, 0.2) is 0 Å². The van der Waals surface area contributed by atoms with E-state index in [9.17, 15) is 15.0 Å². The molecule has 0 radical (unpaired) electrons. The molecule has 14 heteroatoms. The molecule has 2 aliphatic carbocycles. The highest BCUT2D eigenvalue weighted by Gasteiger charge is 2.63. The maximum absolute atomic E-state index is 14.4. The second-order valence-electron chi connectivity index (χ2n) is 22.0. The predicted octanol–water partition coefficient (Wildman–Crippen LogP) is 9.45. The molecule has 4 unspecified atom stereocenters. The van der Waals surface area contributed by atoms with Crippen LogP contribution in [0.4, 0.5) is 16.4 Å². The Morgan fingerprint density at radius 3 is 1.83 bits per heavy atom. The van der Waals surface area contributed by atoms with E-state index in [-0.39, 0.29) is 17.4 Å². The van der Waals surface area contributed by atoms with Gasteiger partial charge in [0.25, 0.3) is 0 Å². The van der Waals surface area contributed by atoms with Gasteiger partial charge in [0.05, 0.1) is 12.1 Å². The Morgan fingerprint density at radius 2 is 1.24 bits per heavy atom. The second kappa shape index (κ2) is 15.9. The summed E-state index contributed by atoms with van der Waals surface area (Å²) in [6.07, 6.45) is 11.7. The monoisotopic (exact) mass is 948 g/mol. The first kappa shape index (κ1) is 45.0. The highest BCUT2D eigenvalue weighted by Crippen LogP contribution is 2.68. The third-order valence-electron chi connectivity index (χ3n) is 16.1. The fourth-order valence-corrected chi connectivity index (χ4v) is 11.9. The molecule has 362 valence electrons. The molecular weight excluding hydrogens is 889 g/mol. The minimum Gasteiger partial charge on any atom is -0.444 e. The molecule has 2 saturated carbocycles. The number of carbonyl (C=O) groups excluding carboxylic acids is 1. The molecule has 4 aliphatic rings. The first-order valence-electron chi connectivity index (χ1n) is 24.7. The molecule has 2 saturated heterocycles. The first-order valence-corrected chi connectivity index (χ1v) is 24.7. The topological polar surface area (TPSA) is 194 Å². The van der Waals surface area contributed by atoms with Crippen molar-refractivity contribution in [3.8, 4) is 22.5 Å². The highest BCUT2D eigenvalue weighted by atomic mass is 16.6. The maximum Gasteiger partial charge on any atom is 0.410 e. The maximum atomic E-state index is 14.4. The molecule has 8 aromatic rings. The number of fused-ring (bicyclic) bond motifs is 2. The number of benzene rings is 4. The van der Waals surface area contributed by atoms with Crippen molar-refractivity contribution < 1.29 is 19.7 Å². The SMILES string of the molecule is CC(C)(C)OC(=O)N1CC2(CC2c2ccccc2C(C)(O)c2ccc(-c3nc([C@@H]4CC5(CC5)CN4)n4ccnc(N)c34)cc2)C[C@H]1c1nc(-c2ccc(C(C)(O)c3ccccc3)cc2)c2c(N)nccn12. The number of imidazole rings is 2. The third kappa shape index (κ3) is 7.53. The van der Waals surface area contributed by atoms with Crippen molar-refractivity contribution in [2.24, 2.45) is 10.8 Å². The van der Waals surface area contributed by atoms with E-state index < -0.39 is 28.9 Å². The van der Waals surface area contributed by atoms with Crippen LogP contribution in [0.25, 0.3) is 33.5 Å². The van der Waals surface area contributed by atoms with Gasteiger partial charge in [0.1, 0.15) is 62.5 Å². The van der Waals surface area contributed by atoms with Gasteiger partial charge in [-0.2, -0.15) is 0 Å². The Hall–Kier alpha value is -7.13. The number of nitrogens with two attached hydrogens (primary N) is 2. The van der Waals surface area contributed by atoms with Crippen LogP contribution in [0.3, 0.4) is 0 Å². The Bertz CT molecular complexity index is 3370. The number of anilines is 2. The summed E-state index contributed by atoms with van der Waals surface area (Å²) in [6.45, 7) is 10.7. The van der Waals surface area contributed by atoms with Crippen molar-refractivity contribution >= 4 is 28.8 Å². The zero-order valence-corrected chi connectivity index (χ0v) is 40.8. The summed E-state index contributed by atoms with van der Waals surface area (Å²) >= 11 is 0. The summed E-state index contributed by atoms with van der Waals surface area (Å²) in [6, 6.07) is 33.1. The summed E-state index contributed by atoms with van der Waals surface area (Å²) in [4.78, 5) is 35.7. The molecule has 0 bridgehead atoms. The fraction of sp³-hybridized carbons (Fsp3) is 0.351. The quantitative estimate of drug-likeness (QED) is 0.0925. The van der Waals surface area contributed by atoms with E-state index in [1.807, 2.05) is 146 Å². The van der Waals surface area contributed by atoms with Crippen LogP contribution in [-0.4, -0.2) is 68.6 Å². The Morgan fingerprint density at radius 1 is 0.690 bits per heavy atom. The van der Waals surface area contributed by atoms with Crippen molar-refractivity contribution in [3.63, 3.8) is 0 Å². The number of carbonyl (C=O) groups is 1. The van der Waals surface area contributed by atoms with Gasteiger partial charge in [0, 0.05) is 49.0 Å². The van der Waals surface area contributed by atoms with Gasteiger partial charge in [-0.3, -0.25) is 13.7 Å². The van der Waals surface area contributed by atoms with E-state index in [0.717, 1.165) is 75.4 Å². The van der Waals surface area contributed by atoms with Crippen LogP contribution < -0.4 is 16.8 Å². The van der Waals surface area contributed by atoms with E-state index in [0.29, 0.717) is 47.1 Å².